The first kappa shape index (κ1) is 25.6. The largest absolute Gasteiger partial charge is 0.456 e. The fourth-order valence-corrected chi connectivity index (χ4v) is 4.84. The van der Waals surface area contributed by atoms with Crippen LogP contribution in [0.25, 0.3) is 44.5 Å². The fourth-order valence-electron chi connectivity index (χ4n) is 4.84. The Morgan fingerprint density at radius 2 is 0.561 bits per heavy atom. The molecule has 0 aliphatic carbocycles. The van der Waals surface area contributed by atoms with Crippen molar-refractivity contribution in [1.82, 2.24) is 0 Å². The van der Waals surface area contributed by atoms with Gasteiger partial charge in [-0.05, 0) is 106 Å². The van der Waals surface area contributed by atoms with Crippen LogP contribution in [0.1, 0.15) is 0 Å². The normalized spacial score (nSPS) is 10.8. The van der Waals surface area contributed by atoms with Crippen molar-refractivity contribution in [2.24, 2.45) is 0 Å². The van der Waals surface area contributed by atoms with Crippen LogP contribution in [0, 0.1) is 0 Å². The molecule has 0 radical (unpaired) electrons. The second-order valence-corrected chi connectivity index (χ2v) is 10.0. The molecule has 5 heteroatoms. The lowest BCUT2D eigenvalue weighted by Gasteiger charge is -2.17. The lowest BCUT2D eigenvalue weighted by atomic mass is 9.96. The number of nitrogens with two attached hydrogens (primary N) is 4. The molecule has 6 rings (SSSR count). The third-order valence-corrected chi connectivity index (χ3v) is 7.11. The van der Waals surface area contributed by atoms with E-state index >= 15 is 0 Å². The number of hydrogen-bond acceptors (Lipinski definition) is 5. The predicted octanol–water partition coefficient (Wildman–Crippen LogP) is 8.48. The maximum absolute atomic E-state index is 6.73. The van der Waals surface area contributed by atoms with Gasteiger partial charge in [-0.2, -0.15) is 0 Å². The standard InChI is InChI=1S/C36H30N4O/c37-29-11-1-23(2-12-29)27-9-19-35(33(21-27)25-5-15-31(39)16-6-25)41-36-20-10-28(24-3-13-30(38)14-4-24)22-34(36)26-7-17-32(40)18-8-26/h1-22H,37-40H2. The molecule has 200 valence electrons. The molecule has 0 aliphatic rings. The Balaban J connectivity index is 1.47. The average Bonchev–Trinajstić information content (AvgIpc) is 2.99. The molecular formula is C36H30N4O. The molecule has 8 N–H and O–H groups in total. The zero-order valence-corrected chi connectivity index (χ0v) is 22.4. The van der Waals surface area contributed by atoms with Gasteiger partial charge in [0, 0.05) is 33.9 Å². The molecule has 41 heavy (non-hydrogen) atoms. The van der Waals surface area contributed by atoms with Crippen molar-refractivity contribution >= 4 is 22.7 Å². The lowest BCUT2D eigenvalue weighted by molar-refractivity contribution is 0.486. The molecule has 6 aromatic rings. The smallest absolute Gasteiger partial charge is 0.135 e. The van der Waals surface area contributed by atoms with Gasteiger partial charge in [-0.25, -0.2) is 0 Å². The van der Waals surface area contributed by atoms with Crippen LogP contribution in [-0.2, 0) is 0 Å². The van der Waals surface area contributed by atoms with E-state index in [2.05, 4.69) is 24.3 Å². The SMILES string of the molecule is Nc1ccc(-c2ccc(Oc3ccc(-c4ccc(N)cc4)cc3-c3ccc(N)cc3)c(-c3ccc(N)cc3)c2)cc1. The molecule has 0 spiro atoms. The van der Waals surface area contributed by atoms with Gasteiger partial charge in [0.15, 0.2) is 0 Å². The van der Waals surface area contributed by atoms with Crippen LogP contribution < -0.4 is 27.7 Å². The highest BCUT2D eigenvalue weighted by molar-refractivity contribution is 5.82. The third-order valence-electron chi connectivity index (χ3n) is 7.11. The minimum atomic E-state index is 0.704. The van der Waals surface area contributed by atoms with Crippen molar-refractivity contribution in [2.45, 2.75) is 0 Å². The molecule has 0 aromatic heterocycles. The second-order valence-electron chi connectivity index (χ2n) is 10.0. The molecule has 0 saturated carbocycles. The Labute approximate surface area is 239 Å². The van der Waals surface area contributed by atoms with Gasteiger partial charge in [-0.15, -0.1) is 0 Å². The Kier molecular flexibility index (Phi) is 6.76. The summed E-state index contributed by atoms with van der Waals surface area (Å²) in [5.41, 5.74) is 34.9. The monoisotopic (exact) mass is 534 g/mol. The Morgan fingerprint density at radius 3 is 0.878 bits per heavy atom. The van der Waals surface area contributed by atoms with Crippen molar-refractivity contribution in [2.75, 3.05) is 22.9 Å². The molecule has 0 saturated heterocycles. The van der Waals surface area contributed by atoms with Gasteiger partial charge in [0.25, 0.3) is 0 Å². The van der Waals surface area contributed by atoms with E-state index in [0.717, 1.165) is 67.4 Å². The van der Waals surface area contributed by atoms with E-state index in [4.69, 9.17) is 27.7 Å². The van der Waals surface area contributed by atoms with E-state index in [-0.39, 0.29) is 0 Å². The highest BCUT2D eigenvalue weighted by atomic mass is 16.5. The van der Waals surface area contributed by atoms with E-state index in [1.807, 2.05) is 109 Å². The van der Waals surface area contributed by atoms with E-state index in [1.54, 1.807) is 0 Å². The summed E-state index contributed by atoms with van der Waals surface area (Å²) in [6.45, 7) is 0. The van der Waals surface area contributed by atoms with Crippen LogP contribution in [0.3, 0.4) is 0 Å². The van der Waals surface area contributed by atoms with Crippen LogP contribution >= 0.6 is 0 Å². The second kappa shape index (κ2) is 10.8. The highest BCUT2D eigenvalue weighted by Crippen LogP contribution is 2.42. The Bertz CT molecular complexity index is 1670. The molecule has 0 amide bonds. The first-order valence-corrected chi connectivity index (χ1v) is 13.3. The number of rotatable bonds is 6. The quantitative estimate of drug-likeness (QED) is 0.160. The zero-order chi connectivity index (χ0) is 28.3. The molecule has 0 aliphatic heterocycles. The van der Waals surface area contributed by atoms with Crippen LogP contribution in [0.2, 0.25) is 0 Å². The third kappa shape index (κ3) is 5.56. The molecule has 0 bridgehead atoms. The molecule has 0 unspecified atom stereocenters. The minimum Gasteiger partial charge on any atom is -0.456 e. The van der Waals surface area contributed by atoms with Crippen LogP contribution in [-0.4, -0.2) is 0 Å². The van der Waals surface area contributed by atoms with Gasteiger partial charge in [0.1, 0.15) is 11.5 Å². The summed E-state index contributed by atoms with van der Waals surface area (Å²) in [6.07, 6.45) is 0. The number of anilines is 4. The maximum atomic E-state index is 6.73. The molecular weight excluding hydrogens is 504 g/mol. The van der Waals surface area contributed by atoms with E-state index in [1.165, 1.54) is 0 Å². The number of nitrogen functional groups attached to an aromatic ring is 4. The van der Waals surface area contributed by atoms with Gasteiger partial charge in [-0.1, -0.05) is 60.7 Å². The van der Waals surface area contributed by atoms with Crippen molar-refractivity contribution in [3.8, 4) is 56.0 Å². The molecule has 0 atom stereocenters. The summed E-state index contributed by atoms with van der Waals surface area (Å²) in [7, 11) is 0. The summed E-state index contributed by atoms with van der Waals surface area (Å²) in [6, 6.07) is 43.8. The number of hydrogen-bond donors (Lipinski definition) is 4. The minimum absolute atomic E-state index is 0.704. The summed E-state index contributed by atoms with van der Waals surface area (Å²) in [5.74, 6) is 1.46. The van der Waals surface area contributed by atoms with Gasteiger partial charge in [0.2, 0.25) is 0 Å². The summed E-state index contributed by atoms with van der Waals surface area (Å²) in [4.78, 5) is 0. The summed E-state index contributed by atoms with van der Waals surface area (Å²) < 4.78 is 6.73. The first-order chi connectivity index (χ1) is 19.9. The van der Waals surface area contributed by atoms with Crippen molar-refractivity contribution in [3.63, 3.8) is 0 Å². The number of benzene rings is 6. The van der Waals surface area contributed by atoms with Gasteiger partial charge in [0.05, 0.1) is 0 Å². The van der Waals surface area contributed by atoms with Gasteiger partial charge >= 0.3 is 0 Å². The highest BCUT2D eigenvalue weighted by Gasteiger charge is 2.15. The first-order valence-electron chi connectivity index (χ1n) is 13.3. The van der Waals surface area contributed by atoms with E-state index in [0.29, 0.717) is 11.4 Å². The Morgan fingerprint density at radius 1 is 0.293 bits per heavy atom. The maximum Gasteiger partial charge on any atom is 0.135 e. The molecule has 5 nitrogen and oxygen atoms in total. The lowest BCUT2D eigenvalue weighted by Crippen LogP contribution is -1.94. The van der Waals surface area contributed by atoms with Crippen LogP contribution in [0.5, 0.6) is 11.5 Å². The molecule has 6 aromatic carbocycles. The summed E-state index contributed by atoms with van der Waals surface area (Å²) >= 11 is 0. The van der Waals surface area contributed by atoms with Gasteiger partial charge < -0.3 is 27.7 Å². The van der Waals surface area contributed by atoms with Crippen molar-refractivity contribution < 1.29 is 4.74 Å². The predicted molar refractivity (Wildman–Crippen MR) is 172 cm³/mol. The van der Waals surface area contributed by atoms with E-state index in [9.17, 15) is 0 Å². The number of ether oxygens (including phenoxy) is 1. The fraction of sp³-hybridized carbons (Fsp3) is 0. The average molecular weight is 535 g/mol. The van der Waals surface area contributed by atoms with E-state index < -0.39 is 0 Å². The summed E-state index contributed by atoms with van der Waals surface area (Å²) in [5, 5.41) is 0. The zero-order valence-electron chi connectivity index (χ0n) is 22.4. The van der Waals surface area contributed by atoms with Crippen LogP contribution in [0.15, 0.2) is 133 Å². The molecule has 0 heterocycles. The van der Waals surface area contributed by atoms with Crippen LogP contribution in [0.4, 0.5) is 22.7 Å². The van der Waals surface area contributed by atoms with Crippen molar-refractivity contribution in [3.05, 3.63) is 133 Å². The van der Waals surface area contributed by atoms with Gasteiger partial charge in [-0.3, -0.25) is 0 Å². The topological polar surface area (TPSA) is 113 Å². The van der Waals surface area contributed by atoms with Crippen molar-refractivity contribution in [1.29, 1.82) is 0 Å². The Hall–Kier alpha value is -5.68. The molecule has 0 fully saturated rings.